The number of aromatic hydroxyl groups is 1. The van der Waals surface area contributed by atoms with E-state index in [4.69, 9.17) is 27.9 Å². The topological polar surface area (TPSA) is 116 Å². The van der Waals surface area contributed by atoms with Crippen LogP contribution >= 0.6 is 23.2 Å². The highest BCUT2D eigenvalue weighted by atomic mass is 35.5. The predicted octanol–water partition coefficient (Wildman–Crippen LogP) is 5.63. The van der Waals surface area contributed by atoms with Gasteiger partial charge in [-0.25, -0.2) is 0 Å². The molecule has 3 aromatic carbocycles. The first-order valence-corrected chi connectivity index (χ1v) is 15.8. The third kappa shape index (κ3) is 4.14. The van der Waals surface area contributed by atoms with Crippen molar-refractivity contribution in [3.8, 4) is 11.5 Å². The quantitative estimate of drug-likeness (QED) is 0.269. The molecule has 2 N–H and O–H groups in total. The number of methoxy groups -OCH3 is 1. The van der Waals surface area contributed by atoms with Crippen molar-refractivity contribution >= 4 is 52.5 Å². The van der Waals surface area contributed by atoms with Gasteiger partial charge in [0.05, 0.1) is 41.0 Å². The number of hydrogen-bond donors (Lipinski definition) is 2. The Labute approximate surface area is 275 Å². The molecule has 46 heavy (non-hydrogen) atoms. The molecule has 4 amide bonds. The summed E-state index contributed by atoms with van der Waals surface area (Å²) >= 11 is 12.6. The summed E-state index contributed by atoms with van der Waals surface area (Å²) in [4.78, 5) is 57.7. The molecule has 4 aliphatic rings. The second-order valence-corrected chi connectivity index (χ2v) is 13.3. The molecule has 11 heteroatoms. The zero-order chi connectivity index (χ0) is 32.7. The van der Waals surface area contributed by atoms with Gasteiger partial charge in [0.15, 0.2) is 0 Å². The monoisotopic (exact) mass is 659 g/mol. The van der Waals surface area contributed by atoms with Crippen molar-refractivity contribution in [3.63, 3.8) is 0 Å². The van der Waals surface area contributed by atoms with E-state index >= 15 is 4.79 Å². The van der Waals surface area contributed by atoms with Crippen molar-refractivity contribution in [3.05, 3.63) is 99.0 Å². The summed E-state index contributed by atoms with van der Waals surface area (Å²) in [5.41, 5.74) is 4.12. The smallest absolute Gasteiger partial charge is 0.260 e. The van der Waals surface area contributed by atoms with Crippen LogP contribution in [0.1, 0.15) is 35.4 Å². The molecule has 2 heterocycles. The first kappa shape index (κ1) is 30.3. The minimum Gasteiger partial charge on any atom is -0.507 e. The fourth-order valence-electron chi connectivity index (χ4n) is 8.26. The van der Waals surface area contributed by atoms with Crippen LogP contribution in [0.25, 0.3) is 0 Å². The van der Waals surface area contributed by atoms with E-state index in [1.165, 1.54) is 18.0 Å². The van der Waals surface area contributed by atoms with Gasteiger partial charge in [-0.1, -0.05) is 65.2 Å². The van der Waals surface area contributed by atoms with Gasteiger partial charge in [0, 0.05) is 23.6 Å². The largest absolute Gasteiger partial charge is 0.507 e. The van der Waals surface area contributed by atoms with E-state index in [2.05, 4.69) is 5.43 Å². The highest BCUT2D eigenvalue weighted by molar-refractivity contribution is 6.36. The van der Waals surface area contributed by atoms with Crippen LogP contribution in [-0.4, -0.2) is 52.8 Å². The zero-order valence-corrected chi connectivity index (χ0v) is 26.8. The predicted molar refractivity (Wildman–Crippen MR) is 171 cm³/mol. The first-order chi connectivity index (χ1) is 22.0. The standard InChI is InChI=1S/C35H31Cl2N3O6/c1-17-5-4-6-23(30(17)41)29-21-12-13-22-28(33(44)39(2)31(22)42)24(21)16-25-32(43)40(38-27-14-9-19(36)15-26(27)37)34(45)35(25,29)18-7-10-20(46-3)11-8-18/h4-12,14-15,22,24-25,28-29,38,41H,13,16H2,1-3H3. The molecule has 7 rings (SSSR count). The van der Waals surface area contributed by atoms with Gasteiger partial charge in [-0.2, -0.15) is 5.01 Å². The van der Waals surface area contributed by atoms with Crippen molar-refractivity contribution in [2.45, 2.75) is 31.1 Å². The molecule has 236 valence electrons. The lowest BCUT2D eigenvalue weighted by molar-refractivity contribution is -0.140. The number of fused-ring (bicyclic) bond motifs is 4. The summed E-state index contributed by atoms with van der Waals surface area (Å²) < 4.78 is 5.42. The van der Waals surface area contributed by atoms with Crippen LogP contribution in [0.2, 0.25) is 10.0 Å². The van der Waals surface area contributed by atoms with Gasteiger partial charge in [-0.3, -0.25) is 29.5 Å². The molecule has 0 bridgehead atoms. The van der Waals surface area contributed by atoms with Gasteiger partial charge < -0.3 is 9.84 Å². The second-order valence-electron chi connectivity index (χ2n) is 12.5. The van der Waals surface area contributed by atoms with Crippen LogP contribution in [0, 0.1) is 30.6 Å². The van der Waals surface area contributed by atoms with Gasteiger partial charge in [-0.15, -0.1) is 0 Å². The van der Waals surface area contributed by atoms with E-state index < -0.39 is 46.8 Å². The van der Waals surface area contributed by atoms with Crippen molar-refractivity contribution in [1.29, 1.82) is 0 Å². The number of ether oxygens (including phenoxy) is 1. The lowest BCUT2D eigenvalue weighted by atomic mass is 9.49. The molecule has 0 spiro atoms. The number of amides is 4. The van der Waals surface area contributed by atoms with E-state index in [1.807, 2.05) is 6.08 Å². The summed E-state index contributed by atoms with van der Waals surface area (Å²) in [6.45, 7) is 1.77. The molecular weight excluding hydrogens is 629 g/mol. The second kappa shape index (κ2) is 10.9. The first-order valence-electron chi connectivity index (χ1n) is 15.0. The number of imide groups is 2. The lowest BCUT2D eigenvalue weighted by Gasteiger charge is -2.50. The number of aryl methyl sites for hydroxylation is 1. The SMILES string of the molecule is COc1ccc(C23C(=O)N(Nc4ccc(Cl)cc4Cl)C(=O)C2CC2C(=CCC4C(=O)N(C)C(=O)C42)C3c2cccc(C)c2O)cc1. The Balaban J connectivity index is 1.49. The molecule has 2 saturated heterocycles. The molecule has 2 aliphatic carbocycles. The van der Waals surface area contributed by atoms with Crippen LogP contribution in [0.15, 0.2) is 72.3 Å². The molecule has 0 radical (unpaired) electrons. The summed E-state index contributed by atoms with van der Waals surface area (Å²) in [6.07, 6.45) is 2.41. The Morgan fingerprint density at radius 1 is 0.957 bits per heavy atom. The molecule has 3 aromatic rings. The highest BCUT2D eigenvalue weighted by Crippen LogP contribution is 2.65. The van der Waals surface area contributed by atoms with Gasteiger partial charge in [0.2, 0.25) is 11.8 Å². The molecule has 9 nitrogen and oxygen atoms in total. The Morgan fingerprint density at radius 3 is 2.39 bits per heavy atom. The molecular formula is C35H31Cl2N3O6. The minimum absolute atomic E-state index is 0.00107. The molecule has 6 unspecified atom stereocenters. The van der Waals surface area contributed by atoms with Crippen LogP contribution < -0.4 is 10.2 Å². The maximum atomic E-state index is 15.2. The number of hydrazine groups is 1. The van der Waals surface area contributed by atoms with E-state index in [1.54, 1.807) is 68.6 Å². The Hall–Kier alpha value is -4.34. The number of anilines is 1. The molecule has 2 aliphatic heterocycles. The number of halogens is 2. The highest BCUT2D eigenvalue weighted by Gasteiger charge is 2.70. The molecule has 0 aromatic heterocycles. The maximum absolute atomic E-state index is 15.2. The summed E-state index contributed by atoms with van der Waals surface area (Å²) in [7, 11) is 3.03. The van der Waals surface area contributed by atoms with Crippen LogP contribution in [0.3, 0.4) is 0 Å². The number of hydrogen-bond acceptors (Lipinski definition) is 7. The average molecular weight is 661 g/mol. The van der Waals surface area contributed by atoms with Crippen molar-refractivity contribution in [1.82, 2.24) is 9.91 Å². The van der Waals surface area contributed by atoms with Crippen molar-refractivity contribution in [2.24, 2.45) is 23.7 Å². The fourth-order valence-corrected chi connectivity index (χ4v) is 8.71. The third-order valence-electron chi connectivity index (χ3n) is 10.4. The summed E-state index contributed by atoms with van der Waals surface area (Å²) in [5.74, 6) is -4.58. The number of carbonyl (C=O) groups is 4. The number of likely N-dealkylation sites (tertiary alicyclic amines) is 1. The Morgan fingerprint density at radius 2 is 1.70 bits per heavy atom. The molecule has 3 fully saturated rings. The molecule has 1 saturated carbocycles. The number of benzene rings is 3. The van der Waals surface area contributed by atoms with Crippen LogP contribution in [-0.2, 0) is 24.6 Å². The number of phenols is 1. The number of rotatable bonds is 5. The lowest BCUT2D eigenvalue weighted by Crippen LogP contribution is -2.53. The number of para-hydroxylation sites is 1. The summed E-state index contributed by atoms with van der Waals surface area (Å²) in [5, 5.41) is 13.2. The fraction of sp³-hybridized carbons (Fsp3) is 0.314. The van der Waals surface area contributed by atoms with Crippen LogP contribution in [0.4, 0.5) is 5.69 Å². The zero-order valence-electron chi connectivity index (χ0n) is 25.3. The number of phenolic OH excluding ortho intramolecular Hbond substituents is 1. The van der Waals surface area contributed by atoms with Crippen molar-refractivity contribution in [2.75, 3.05) is 19.6 Å². The number of allylic oxidation sites excluding steroid dienone is 2. The van der Waals surface area contributed by atoms with Gasteiger partial charge in [0.1, 0.15) is 11.5 Å². The number of nitrogens with zero attached hydrogens (tertiary/aromatic N) is 2. The van der Waals surface area contributed by atoms with Crippen molar-refractivity contribution < 1.29 is 29.0 Å². The normalized spacial score (nSPS) is 28.5. The van der Waals surface area contributed by atoms with Gasteiger partial charge >= 0.3 is 0 Å². The minimum atomic E-state index is -1.53. The Kier molecular flexibility index (Phi) is 7.17. The molecule has 6 atom stereocenters. The van der Waals surface area contributed by atoms with Gasteiger partial charge in [-0.05, 0) is 67.1 Å². The number of nitrogens with one attached hydrogen (secondary N) is 1. The van der Waals surface area contributed by atoms with E-state index in [0.717, 1.165) is 10.6 Å². The van der Waals surface area contributed by atoms with E-state index in [0.29, 0.717) is 39.6 Å². The van der Waals surface area contributed by atoms with Crippen LogP contribution in [0.5, 0.6) is 11.5 Å². The average Bonchev–Trinajstić information content (AvgIpc) is 3.40. The van der Waals surface area contributed by atoms with E-state index in [-0.39, 0.29) is 29.0 Å². The Bertz CT molecular complexity index is 1860. The van der Waals surface area contributed by atoms with Gasteiger partial charge in [0.25, 0.3) is 11.8 Å². The maximum Gasteiger partial charge on any atom is 0.260 e. The third-order valence-corrected chi connectivity index (χ3v) is 10.9. The van der Waals surface area contributed by atoms with E-state index in [9.17, 15) is 19.5 Å². The number of carbonyl (C=O) groups excluding carboxylic acids is 4. The summed E-state index contributed by atoms with van der Waals surface area (Å²) in [6, 6.07) is 17.1.